The minimum absolute atomic E-state index is 0.673. The summed E-state index contributed by atoms with van der Waals surface area (Å²) in [5, 5.41) is 7.52. The number of quaternary nitrogens is 1. The molecule has 1 unspecified atom stereocenters. The smallest absolute Gasteiger partial charge is 0.202 e. The molecular formula is C18H22ClN4OS2+. The van der Waals surface area contributed by atoms with E-state index < -0.39 is 0 Å². The van der Waals surface area contributed by atoms with Crippen molar-refractivity contribution >= 4 is 35.2 Å². The number of benzene rings is 1. The van der Waals surface area contributed by atoms with Gasteiger partial charge in [0.2, 0.25) is 4.77 Å². The van der Waals surface area contributed by atoms with E-state index in [0.717, 1.165) is 34.9 Å². The van der Waals surface area contributed by atoms with Crippen LogP contribution in [0, 0.1) is 4.77 Å². The van der Waals surface area contributed by atoms with Gasteiger partial charge in [-0.05, 0) is 41.9 Å². The molecule has 0 aliphatic heterocycles. The van der Waals surface area contributed by atoms with Crippen molar-refractivity contribution in [2.24, 2.45) is 7.05 Å². The van der Waals surface area contributed by atoms with Crippen LogP contribution in [0.3, 0.4) is 0 Å². The largest absolute Gasteiger partial charge is 0.496 e. The van der Waals surface area contributed by atoms with Gasteiger partial charge in [0.15, 0.2) is 6.67 Å². The standard InChI is InChI=1S/C18H21ClN4OS2/c1-21(11-13-9-14(19)6-7-16(13)24-3)12-23-18(25)22(2)17(20-23)10-15-5-4-8-26-15/h4-9H,10-12H2,1-3H3/p+1. The van der Waals surface area contributed by atoms with Gasteiger partial charge in [0, 0.05) is 28.9 Å². The van der Waals surface area contributed by atoms with E-state index in [1.54, 1.807) is 18.4 Å². The fraction of sp³-hybridized carbons (Fsp3) is 0.333. The minimum atomic E-state index is 0.673. The molecule has 138 valence electrons. The fourth-order valence-electron chi connectivity index (χ4n) is 2.88. The molecule has 0 saturated carbocycles. The average Bonchev–Trinajstić information content (AvgIpc) is 3.20. The SMILES string of the molecule is COc1ccc(Cl)cc1C[NH+](C)Cn1nc(Cc2cccs2)n(C)c1=S. The van der Waals surface area contributed by atoms with Gasteiger partial charge < -0.3 is 14.2 Å². The van der Waals surface area contributed by atoms with Crippen LogP contribution < -0.4 is 9.64 Å². The molecule has 1 atom stereocenters. The monoisotopic (exact) mass is 409 g/mol. The molecule has 2 aromatic heterocycles. The van der Waals surface area contributed by atoms with Crippen molar-refractivity contribution in [3.05, 3.63) is 61.8 Å². The molecule has 0 aliphatic carbocycles. The number of nitrogens with one attached hydrogen (secondary N) is 1. The Hall–Kier alpha value is -1.67. The molecule has 0 radical (unpaired) electrons. The van der Waals surface area contributed by atoms with Crippen LogP contribution in [-0.4, -0.2) is 28.5 Å². The Morgan fingerprint density at radius 3 is 2.85 bits per heavy atom. The van der Waals surface area contributed by atoms with Gasteiger partial charge in [0.05, 0.1) is 14.2 Å². The molecule has 5 nitrogen and oxygen atoms in total. The van der Waals surface area contributed by atoms with Crippen LogP contribution in [0.4, 0.5) is 0 Å². The molecule has 0 fully saturated rings. The lowest BCUT2D eigenvalue weighted by atomic mass is 10.2. The van der Waals surface area contributed by atoms with Gasteiger partial charge in [0.25, 0.3) is 0 Å². The second-order valence-electron chi connectivity index (χ2n) is 6.26. The highest BCUT2D eigenvalue weighted by atomic mass is 35.5. The van der Waals surface area contributed by atoms with Crippen molar-refractivity contribution in [3.63, 3.8) is 0 Å². The summed E-state index contributed by atoms with van der Waals surface area (Å²) in [5.74, 6) is 1.82. The Balaban J connectivity index is 1.74. The van der Waals surface area contributed by atoms with E-state index in [4.69, 9.17) is 33.7 Å². The first-order valence-corrected chi connectivity index (χ1v) is 9.93. The van der Waals surface area contributed by atoms with E-state index in [-0.39, 0.29) is 0 Å². The summed E-state index contributed by atoms with van der Waals surface area (Å²) in [7, 11) is 5.76. The van der Waals surface area contributed by atoms with Crippen molar-refractivity contribution < 1.29 is 9.64 Å². The molecule has 0 bridgehead atoms. The Morgan fingerprint density at radius 2 is 2.15 bits per heavy atom. The van der Waals surface area contributed by atoms with Crippen LogP contribution in [0.2, 0.25) is 5.02 Å². The summed E-state index contributed by atoms with van der Waals surface area (Å²) in [6.07, 6.45) is 0.798. The lowest BCUT2D eigenvalue weighted by molar-refractivity contribution is -0.917. The number of halogens is 1. The van der Waals surface area contributed by atoms with E-state index in [1.807, 2.05) is 34.5 Å². The maximum atomic E-state index is 6.13. The number of aromatic nitrogens is 3. The van der Waals surface area contributed by atoms with E-state index in [9.17, 15) is 0 Å². The summed E-state index contributed by atoms with van der Waals surface area (Å²) in [5.41, 5.74) is 1.07. The van der Waals surface area contributed by atoms with E-state index >= 15 is 0 Å². The Kier molecular flexibility index (Phi) is 6.13. The fourth-order valence-corrected chi connectivity index (χ4v) is 3.99. The Morgan fingerprint density at radius 1 is 1.35 bits per heavy atom. The summed E-state index contributed by atoms with van der Waals surface area (Å²) in [6.45, 7) is 1.44. The van der Waals surface area contributed by atoms with Crippen LogP contribution in [0.15, 0.2) is 35.7 Å². The van der Waals surface area contributed by atoms with Crippen LogP contribution in [0.1, 0.15) is 16.3 Å². The van der Waals surface area contributed by atoms with Crippen LogP contribution in [-0.2, 0) is 26.7 Å². The number of rotatable bonds is 7. The summed E-state index contributed by atoms with van der Waals surface area (Å²) in [6, 6.07) is 9.86. The minimum Gasteiger partial charge on any atom is -0.496 e. The molecule has 0 amide bonds. The number of ether oxygens (including phenoxy) is 1. The zero-order chi connectivity index (χ0) is 18.7. The quantitative estimate of drug-likeness (QED) is 0.609. The van der Waals surface area contributed by atoms with E-state index in [0.29, 0.717) is 11.7 Å². The number of methoxy groups -OCH3 is 1. The maximum absolute atomic E-state index is 6.13. The van der Waals surface area contributed by atoms with Gasteiger partial charge in [-0.2, -0.15) is 9.78 Å². The molecule has 3 rings (SSSR count). The first-order chi connectivity index (χ1) is 12.5. The van der Waals surface area contributed by atoms with Gasteiger partial charge in [-0.15, -0.1) is 11.3 Å². The molecule has 8 heteroatoms. The predicted molar refractivity (Wildman–Crippen MR) is 108 cm³/mol. The number of nitrogens with zero attached hydrogens (tertiary/aromatic N) is 3. The van der Waals surface area contributed by atoms with Crippen molar-refractivity contribution in [3.8, 4) is 5.75 Å². The average molecular weight is 410 g/mol. The summed E-state index contributed by atoms with van der Waals surface area (Å²) < 4.78 is 10.1. The normalized spacial score (nSPS) is 12.3. The Labute approximate surface area is 167 Å². The van der Waals surface area contributed by atoms with Crippen molar-refractivity contribution in [2.75, 3.05) is 14.2 Å². The third-order valence-corrected chi connectivity index (χ3v) is 5.79. The zero-order valence-corrected chi connectivity index (χ0v) is 17.4. The van der Waals surface area contributed by atoms with Crippen molar-refractivity contribution in [1.29, 1.82) is 0 Å². The number of thiophene rings is 1. The molecule has 26 heavy (non-hydrogen) atoms. The topological polar surface area (TPSA) is 36.4 Å². The predicted octanol–water partition coefficient (Wildman–Crippen LogP) is 2.94. The molecule has 2 heterocycles. The highest BCUT2D eigenvalue weighted by Crippen LogP contribution is 2.21. The third kappa shape index (κ3) is 4.35. The summed E-state index contributed by atoms with van der Waals surface area (Å²) in [4.78, 5) is 2.52. The number of hydrogen-bond donors (Lipinski definition) is 1. The lowest BCUT2D eigenvalue weighted by Crippen LogP contribution is -3.07. The number of hydrogen-bond acceptors (Lipinski definition) is 4. The maximum Gasteiger partial charge on any atom is 0.202 e. The lowest BCUT2D eigenvalue weighted by Gasteiger charge is -2.16. The van der Waals surface area contributed by atoms with Gasteiger partial charge >= 0.3 is 0 Å². The molecule has 0 spiro atoms. The second kappa shape index (κ2) is 8.35. The first kappa shape index (κ1) is 19.1. The molecule has 1 N–H and O–H groups in total. The van der Waals surface area contributed by atoms with Crippen LogP contribution >= 0.6 is 35.2 Å². The molecular weight excluding hydrogens is 388 g/mol. The summed E-state index contributed by atoms with van der Waals surface area (Å²) >= 11 is 13.4. The van der Waals surface area contributed by atoms with Gasteiger partial charge in [-0.1, -0.05) is 17.7 Å². The van der Waals surface area contributed by atoms with E-state index in [1.165, 1.54) is 9.78 Å². The van der Waals surface area contributed by atoms with Crippen LogP contribution in [0.5, 0.6) is 5.75 Å². The van der Waals surface area contributed by atoms with Crippen LogP contribution in [0.25, 0.3) is 0 Å². The van der Waals surface area contributed by atoms with Crippen molar-refractivity contribution in [2.45, 2.75) is 19.6 Å². The highest BCUT2D eigenvalue weighted by Gasteiger charge is 2.14. The molecule has 0 aliphatic rings. The van der Waals surface area contributed by atoms with Gasteiger partial charge in [-0.25, -0.2) is 0 Å². The van der Waals surface area contributed by atoms with Gasteiger partial charge in [0.1, 0.15) is 18.1 Å². The second-order valence-corrected chi connectivity index (χ2v) is 8.10. The third-order valence-electron chi connectivity index (χ3n) is 4.20. The van der Waals surface area contributed by atoms with E-state index in [2.05, 4.69) is 24.6 Å². The van der Waals surface area contributed by atoms with Gasteiger partial charge in [-0.3, -0.25) is 0 Å². The zero-order valence-electron chi connectivity index (χ0n) is 15.0. The first-order valence-electron chi connectivity index (χ1n) is 8.26. The Bertz CT molecular complexity index is 933. The highest BCUT2D eigenvalue weighted by molar-refractivity contribution is 7.71. The molecule has 1 aromatic carbocycles. The molecule has 3 aromatic rings. The van der Waals surface area contributed by atoms with Crippen molar-refractivity contribution in [1.82, 2.24) is 14.3 Å². The molecule has 0 saturated heterocycles.